The zero-order chi connectivity index (χ0) is 9.36. The van der Waals surface area contributed by atoms with Crippen molar-refractivity contribution in [1.29, 1.82) is 0 Å². The molecule has 1 aromatic carbocycles. The van der Waals surface area contributed by atoms with Gasteiger partial charge in [0, 0.05) is 0 Å². The summed E-state index contributed by atoms with van der Waals surface area (Å²) >= 11 is 0. The van der Waals surface area contributed by atoms with Gasteiger partial charge in [0.1, 0.15) is 0 Å². The van der Waals surface area contributed by atoms with Crippen LogP contribution in [0.25, 0.3) is 6.08 Å². The Hall–Kier alpha value is -1.50. The summed E-state index contributed by atoms with van der Waals surface area (Å²) in [6.45, 7) is 2.68. The minimum absolute atomic E-state index is 0.718. The van der Waals surface area contributed by atoms with Crippen molar-refractivity contribution in [1.82, 2.24) is 0 Å². The van der Waals surface area contributed by atoms with Gasteiger partial charge in [-0.15, -0.1) is 0 Å². The molecule has 0 aliphatic carbocycles. The largest absolute Gasteiger partial charge is 0.501 e. The molecule has 0 fully saturated rings. The molecule has 0 bridgehead atoms. The summed E-state index contributed by atoms with van der Waals surface area (Å²) in [6, 6.07) is 10.2. The van der Waals surface area contributed by atoms with Crippen LogP contribution in [0.5, 0.6) is 0 Å². The molecular formula is C12H14O. The minimum atomic E-state index is 0.718. The summed E-state index contributed by atoms with van der Waals surface area (Å²) in [4.78, 5) is 0. The maximum atomic E-state index is 5.04. The second-order valence-electron chi connectivity index (χ2n) is 2.55. The van der Waals surface area contributed by atoms with E-state index >= 15 is 0 Å². The van der Waals surface area contributed by atoms with Crippen molar-refractivity contribution >= 4 is 6.08 Å². The number of benzene rings is 1. The van der Waals surface area contributed by atoms with Crippen LogP contribution < -0.4 is 0 Å². The van der Waals surface area contributed by atoms with Gasteiger partial charge in [-0.25, -0.2) is 0 Å². The molecule has 0 radical (unpaired) electrons. The maximum absolute atomic E-state index is 5.04. The van der Waals surface area contributed by atoms with Crippen molar-refractivity contribution in [2.75, 3.05) is 6.61 Å². The standard InChI is InChI=1S/C12H14O/c1-2-13-11-7-6-10-12-8-4-3-5-9-12/h3-11H,2H2,1H3/b10-6+,11-7-. The van der Waals surface area contributed by atoms with Gasteiger partial charge in [-0.2, -0.15) is 0 Å². The molecule has 1 aromatic rings. The van der Waals surface area contributed by atoms with Crippen LogP contribution in [0.2, 0.25) is 0 Å². The Morgan fingerprint density at radius 2 is 1.92 bits per heavy atom. The summed E-state index contributed by atoms with van der Waals surface area (Å²) in [5.74, 6) is 0. The lowest BCUT2D eigenvalue weighted by Crippen LogP contribution is -1.74. The molecule has 0 spiro atoms. The van der Waals surface area contributed by atoms with Gasteiger partial charge in [-0.1, -0.05) is 42.5 Å². The zero-order valence-electron chi connectivity index (χ0n) is 7.81. The Balaban J connectivity index is 2.41. The van der Waals surface area contributed by atoms with E-state index in [1.165, 1.54) is 5.56 Å². The molecule has 0 saturated heterocycles. The topological polar surface area (TPSA) is 9.23 Å². The number of allylic oxidation sites excluding steroid dienone is 2. The highest BCUT2D eigenvalue weighted by atomic mass is 16.5. The Morgan fingerprint density at radius 1 is 1.15 bits per heavy atom. The maximum Gasteiger partial charge on any atom is 0.0845 e. The normalized spacial score (nSPS) is 11.2. The van der Waals surface area contributed by atoms with Gasteiger partial charge in [0.25, 0.3) is 0 Å². The Bertz CT molecular complexity index is 272. The van der Waals surface area contributed by atoms with Gasteiger partial charge in [-0.3, -0.25) is 0 Å². The lowest BCUT2D eigenvalue weighted by molar-refractivity contribution is 0.269. The van der Waals surface area contributed by atoms with Crippen LogP contribution in [0.1, 0.15) is 12.5 Å². The second kappa shape index (κ2) is 6.06. The lowest BCUT2D eigenvalue weighted by atomic mass is 10.2. The van der Waals surface area contributed by atoms with E-state index in [0.29, 0.717) is 0 Å². The number of hydrogen-bond acceptors (Lipinski definition) is 1. The molecule has 1 rings (SSSR count). The van der Waals surface area contributed by atoms with E-state index in [9.17, 15) is 0 Å². The summed E-state index contributed by atoms with van der Waals surface area (Å²) in [7, 11) is 0. The van der Waals surface area contributed by atoms with Gasteiger partial charge < -0.3 is 4.74 Å². The average molecular weight is 174 g/mol. The third kappa shape index (κ3) is 4.16. The Labute approximate surface area is 79.4 Å². The fourth-order valence-electron chi connectivity index (χ4n) is 0.928. The molecule has 68 valence electrons. The van der Waals surface area contributed by atoms with Crippen LogP contribution in [0, 0.1) is 0 Å². The van der Waals surface area contributed by atoms with Gasteiger partial charge in [-0.05, 0) is 18.6 Å². The van der Waals surface area contributed by atoms with Crippen LogP contribution in [-0.4, -0.2) is 6.61 Å². The predicted octanol–water partition coefficient (Wildman–Crippen LogP) is 3.25. The Morgan fingerprint density at radius 3 is 2.62 bits per heavy atom. The van der Waals surface area contributed by atoms with Crippen LogP contribution in [0.3, 0.4) is 0 Å². The lowest BCUT2D eigenvalue weighted by Gasteiger charge is -1.90. The Kier molecular flexibility index (Phi) is 4.47. The minimum Gasteiger partial charge on any atom is -0.501 e. The third-order valence-electron chi connectivity index (χ3n) is 1.54. The molecule has 0 aromatic heterocycles. The highest BCUT2D eigenvalue weighted by Crippen LogP contribution is 2.00. The van der Waals surface area contributed by atoms with Crippen molar-refractivity contribution in [3.05, 3.63) is 54.3 Å². The summed E-state index contributed by atoms with van der Waals surface area (Å²) in [6.07, 6.45) is 7.58. The zero-order valence-corrected chi connectivity index (χ0v) is 7.81. The molecule has 0 heterocycles. The van der Waals surface area contributed by atoms with Crippen molar-refractivity contribution in [3.8, 4) is 0 Å². The summed E-state index contributed by atoms with van der Waals surface area (Å²) in [5, 5.41) is 0. The fourth-order valence-corrected chi connectivity index (χ4v) is 0.928. The van der Waals surface area contributed by atoms with Crippen LogP contribution in [0.15, 0.2) is 48.7 Å². The smallest absolute Gasteiger partial charge is 0.0845 e. The van der Waals surface area contributed by atoms with Crippen molar-refractivity contribution < 1.29 is 4.74 Å². The van der Waals surface area contributed by atoms with E-state index in [1.807, 2.05) is 43.4 Å². The predicted molar refractivity (Wildman–Crippen MR) is 56.2 cm³/mol. The molecule has 0 unspecified atom stereocenters. The average Bonchev–Trinajstić information content (AvgIpc) is 2.19. The van der Waals surface area contributed by atoms with Crippen LogP contribution in [0.4, 0.5) is 0 Å². The molecule has 0 amide bonds. The molecular weight excluding hydrogens is 160 g/mol. The molecule has 13 heavy (non-hydrogen) atoms. The van der Waals surface area contributed by atoms with E-state index < -0.39 is 0 Å². The van der Waals surface area contributed by atoms with Crippen molar-refractivity contribution in [3.63, 3.8) is 0 Å². The molecule has 1 nitrogen and oxygen atoms in total. The van der Waals surface area contributed by atoms with Gasteiger partial charge in [0.2, 0.25) is 0 Å². The van der Waals surface area contributed by atoms with Gasteiger partial charge >= 0.3 is 0 Å². The fraction of sp³-hybridized carbons (Fsp3) is 0.167. The van der Waals surface area contributed by atoms with E-state index in [-0.39, 0.29) is 0 Å². The first-order valence-electron chi connectivity index (χ1n) is 4.43. The monoisotopic (exact) mass is 174 g/mol. The van der Waals surface area contributed by atoms with E-state index in [1.54, 1.807) is 6.26 Å². The van der Waals surface area contributed by atoms with Gasteiger partial charge in [0.05, 0.1) is 12.9 Å². The van der Waals surface area contributed by atoms with Gasteiger partial charge in [0.15, 0.2) is 0 Å². The molecule has 1 heteroatoms. The molecule has 0 N–H and O–H groups in total. The summed E-state index contributed by atoms with van der Waals surface area (Å²) in [5.41, 5.74) is 1.20. The van der Waals surface area contributed by atoms with E-state index in [0.717, 1.165) is 6.61 Å². The van der Waals surface area contributed by atoms with Crippen LogP contribution >= 0.6 is 0 Å². The third-order valence-corrected chi connectivity index (χ3v) is 1.54. The number of rotatable bonds is 4. The molecule has 0 saturated carbocycles. The molecule has 0 atom stereocenters. The number of hydrogen-bond donors (Lipinski definition) is 0. The quantitative estimate of drug-likeness (QED) is 0.503. The highest BCUT2D eigenvalue weighted by molar-refractivity contribution is 5.50. The first-order valence-corrected chi connectivity index (χ1v) is 4.43. The first-order chi connectivity index (χ1) is 6.43. The highest BCUT2D eigenvalue weighted by Gasteiger charge is 1.79. The van der Waals surface area contributed by atoms with E-state index in [4.69, 9.17) is 4.74 Å². The first kappa shape index (κ1) is 9.59. The SMILES string of the molecule is CCO/C=C\C=C\c1ccccc1. The van der Waals surface area contributed by atoms with Crippen molar-refractivity contribution in [2.24, 2.45) is 0 Å². The van der Waals surface area contributed by atoms with Crippen molar-refractivity contribution in [2.45, 2.75) is 6.92 Å². The van der Waals surface area contributed by atoms with Crippen LogP contribution in [-0.2, 0) is 4.74 Å². The summed E-state index contributed by atoms with van der Waals surface area (Å²) < 4.78 is 5.04. The molecule has 0 aliphatic rings. The second-order valence-corrected chi connectivity index (χ2v) is 2.55. The molecule has 0 aliphatic heterocycles. The van der Waals surface area contributed by atoms with E-state index in [2.05, 4.69) is 12.1 Å². The number of ether oxygens (including phenoxy) is 1.